The van der Waals surface area contributed by atoms with E-state index >= 15 is 0 Å². The van der Waals surface area contributed by atoms with E-state index in [1.54, 1.807) is 37.3 Å². The summed E-state index contributed by atoms with van der Waals surface area (Å²) in [6.45, 7) is 1.62. The van der Waals surface area contributed by atoms with Crippen LogP contribution in [0.2, 0.25) is 0 Å². The van der Waals surface area contributed by atoms with Gasteiger partial charge in [0, 0.05) is 0 Å². The standard InChI is InChI=1S/C20H19ClF3NO3/c1-13(14-8-10-16(11-9-14)20(22,23)24)25(17(26)12-21)18(19(27)28-2)15-6-4-3-5-7-15/h3-11,13,18H,12H2,1-2H3/t13-,18-/m0/s1. The van der Waals surface area contributed by atoms with Crippen molar-refractivity contribution in [3.8, 4) is 0 Å². The summed E-state index contributed by atoms with van der Waals surface area (Å²) in [5.74, 6) is -1.62. The van der Waals surface area contributed by atoms with Crippen LogP contribution in [0.1, 0.15) is 35.7 Å². The Kier molecular flexibility index (Phi) is 7.07. The first-order valence-corrected chi connectivity index (χ1v) is 8.91. The number of methoxy groups -OCH3 is 1. The summed E-state index contributed by atoms with van der Waals surface area (Å²) in [7, 11) is 1.20. The van der Waals surface area contributed by atoms with Crippen LogP contribution in [-0.4, -0.2) is 29.8 Å². The van der Waals surface area contributed by atoms with Gasteiger partial charge >= 0.3 is 12.1 Å². The Morgan fingerprint density at radius 1 is 1.04 bits per heavy atom. The molecule has 0 aromatic heterocycles. The zero-order valence-corrected chi connectivity index (χ0v) is 16.0. The number of nitrogens with zero attached hydrogens (tertiary/aromatic N) is 1. The van der Waals surface area contributed by atoms with E-state index in [0.717, 1.165) is 12.1 Å². The van der Waals surface area contributed by atoms with E-state index in [1.165, 1.54) is 24.1 Å². The molecule has 0 bridgehead atoms. The Morgan fingerprint density at radius 2 is 1.61 bits per heavy atom. The van der Waals surface area contributed by atoms with Crippen molar-refractivity contribution in [3.63, 3.8) is 0 Å². The Morgan fingerprint density at radius 3 is 2.07 bits per heavy atom. The first-order valence-electron chi connectivity index (χ1n) is 8.37. The number of ether oxygens (including phenoxy) is 1. The third-order valence-electron chi connectivity index (χ3n) is 4.36. The molecular formula is C20H19ClF3NO3. The normalized spacial score (nSPS) is 13.5. The molecule has 8 heteroatoms. The second-order valence-corrected chi connectivity index (χ2v) is 6.33. The zero-order valence-electron chi connectivity index (χ0n) is 15.2. The van der Waals surface area contributed by atoms with E-state index in [9.17, 15) is 22.8 Å². The van der Waals surface area contributed by atoms with Gasteiger partial charge in [-0.25, -0.2) is 4.79 Å². The lowest BCUT2D eigenvalue weighted by atomic mass is 9.99. The van der Waals surface area contributed by atoms with E-state index in [0.29, 0.717) is 11.1 Å². The molecule has 0 saturated carbocycles. The van der Waals surface area contributed by atoms with Gasteiger partial charge in [0.25, 0.3) is 0 Å². The summed E-state index contributed by atoms with van der Waals surface area (Å²) in [5, 5.41) is 0. The van der Waals surface area contributed by atoms with Gasteiger partial charge in [-0.15, -0.1) is 11.6 Å². The van der Waals surface area contributed by atoms with Crippen LogP contribution in [0.3, 0.4) is 0 Å². The fourth-order valence-corrected chi connectivity index (χ4v) is 3.06. The molecular weight excluding hydrogens is 395 g/mol. The van der Waals surface area contributed by atoms with E-state index in [1.807, 2.05) is 0 Å². The van der Waals surface area contributed by atoms with Crippen molar-refractivity contribution >= 4 is 23.5 Å². The van der Waals surface area contributed by atoms with Crippen LogP contribution in [0.5, 0.6) is 0 Å². The van der Waals surface area contributed by atoms with Crippen LogP contribution in [0.4, 0.5) is 13.2 Å². The third kappa shape index (κ3) is 4.84. The Hall–Kier alpha value is -2.54. The molecule has 150 valence electrons. The van der Waals surface area contributed by atoms with Crippen LogP contribution in [0, 0.1) is 0 Å². The maximum atomic E-state index is 12.8. The number of halogens is 4. The van der Waals surface area contributed by atoms with Gasteiger partial charge < -0.3 is 9.64 Å². The lowest BCUT2D eigenvalue weighted by Gasteiger charge is -2.35. The molecule has 0 aliphatic carbocycles. The quantitative estimate of drug-likeness (QED) is 0.507. The lowest BCUT2D eigenvalue weighted by Crippen LogP contribution is -2.42. The van der Waals surface area contributed by atoms with Crippen LogP contribution in [-0.2, 0) is 20.5 Å². The maximum Gasteiger partial charge on any atom is 0.416 e. The summed E-state index contributed by atoms with van der Waals surface area (Å²) < 4.78 is 43.3. The van der Waals surface area contributed by atoms with Crippen molar-refractivity contribution < 1.29 is 27.5 Å². The molecule has 0 fully saturated rings. The molecule has 1 amide bonds. The highest BCUT2D eigenvalue weighted by atomic mass is 35.5. The van der Waals surface area contributed by atoms with E-state index in [2.05, 4.69) is 0 Å². The summed E-state index contributed by atoms with van der Waals surface area (Å²) >= 11 is 5.75. The third-order valence-corrected chi connectivity index (χ3v) is 4.59. The van der Waals surface area contributed by atoms with E-state index in [4.69, 9.17) is 16.3 Å². The highest BCUT2D eigenvalue weighted by Crippen LogP contribution is 2.34. The fraction of sp³-hybridized carbons (Fsp3) is 0.300. The first kappa shape index (κ1) is 21.8. The van der Waals surface area contributed by atoms with Crippen molar-refractivity contribution in [1.29, 1.82) is 0 Å². The highest BCUT2D eigenvalue weighted by molar-refractivity contribution is 6.27. The average Bonchev–Trinajstić information content (AvgIpc) is 2.70. The minimum Gasteiger partial charge on any atom is -0.467 e. The van der Waals surface area contributed by atoms with Gasteiger partial charge in [-0.3, -0.25) is 4.79 Å². The van der Waals surface area contributed by atoms with Crippen LogP contribution in [0.25, 0.3) is 0 Å². The van der Waals surface area contributed by atoms with Crippen LogP contribution >= 0.6 is 11.6 Å². The van der Waals surface area contributed by atoms with Gasteiger partial charge in [0.2, 0.25) is 5.91 Å². The molecule has 2 rings (SSSR count). The van der Waals surface area contributed by atoms with Crippen molar-refractivity contribution in [2.45, 2.75) is 25.2 Å². The maximum absolute atomic E-state index is 12.8. The topological polar surface area (TPSA) is 46.6 Å². The summed E-state index contributed by atoms with van der Waals surface area (Å²) in [6.07, 6.45) is -4.47. The molecule has 0 radical (unpaired) electrons. The zero-order chi connectivity index (χ0) is 20.9. The second-order valence-electron chi connectivity index (χ2n) is 6.07. The molecule has 0 heterocycles. The molecule has 0 unspecified atom stereocenters. The monoisotopic (exact) mass is 413 g/mol. The minimum absolute atomic E-state index is 0.398. The summed E-state index contributed by atoms with van der Waals surface area (Å²) in [5.41, 5.74) is 0.133. The average molecular weight is 414 g/mol. The van der Waals surface area contributed by atoms with Gasteiger partial charge in [-0.2, -0.15) is 13.2 Å². The Bertz CT molecular complexity index is 810. The van der Waals surface area contributed by atoms with Gasteiger partial charge in [0.1, 0.15) is 5.88 Å². The molecule has 2 aromatic carbocycles. The van der Waals surface area contributed by atoms with E-state index in [-0.39, 0.29) is 0 Å². The molecule has 0 spiro atoms. The summed E-state index contributed by atoms with van der Waals surface area (Å²) in [6, 6.07) is 11.1. The Labute approximate surface area is 165 Å². The fourth-order valence-electron chi connectivity index (χ4n) is 2.92. The van der Waals surface area contributed by atoms with Crippen molar-refractivity contribution in [2.75, 3.05) is 13.0 Å². The van der Waals surface area contributed by atoms with Gasteiger partial charge in [0.05, 0.1) is 18.7 Å². The number of benzene rings is 2. The molecule has 0 saturated heterocycles. The molecule has 0 aliphatic heterocycles. The van der Waals surface area contributed by atoms with Crippen molar-refractivity contribution in [1.82, 2.24) is 4.90 Å². The van der Waals surface area contributed by atoms with Crippen LogP contribution in [0.15, 0.2) is 54.6 Å². The number of rotatable bonds is 6. The number of esters is 1. The van der Waals surface area contributed by atoms with E-state index < -0.39 is 41.6 Å². The number of alkyl halides is 4. The molecule has 0 N–H and O–H groups in total. The molecule has 0 aliphatic rings. The highest BCUT2D eigenvalue weighted by Gasteiger charge is 2.36. The predicted molar refractivity (Wildman–Crippen MR) is 98.6 cm³/mol. The molecule has 4 nitrogen and oxygen atoms in total. The van der Waals surface area contributed by atoms with Crippen molar-refractivity contribution in [3.05, 3.63) is 71.3 Å². The second kappa shape index (κ2) is 9.10. The Balaban J connectivity index is 2.48. The van der Waals surface area contributed by atoms with Gasteiger partial charge in [-0.05, 0) is 30.2 Å². The smallest absolute Gasteiger partial charge is 0.416 e. The predicted octanol–water partition coefficient (Wildman–Crippen LogP) is 4.75. The number of carbonyl (C=O) groups is 2. The molecule has 28 heavy (non-hydrogen) atoms. The first-order chi connectivity index (χ1) is 13.2. The summed E-state index contributed by atoms with van der Waals surface area (Å²) in [4.78, 5) is 26.3. The SMILES string of the molecule is COC(=O)[C@H](c1ccccc1)N(C(=O)CCl)[C@@H](C)c1ccc(C(F)(F)F)cc1. The van der Waals surface area contributed by atoms with Gasteiger partial charge in [-0.1, -0.05) is 42.5 Å². The molecule has 2 atom stereocenters. The lowest BCUT2D eigenvalue weighted by molar-refractivity contribution is -0.154. The number of hydrogen-bond donors (Lipinski definition) is 0. The van der Waals surface area contributed by atoms with Crippen LogP contribution < -0.4 is 0 Å². The van der Waals surface area contributed by atoms with Crippen molar-refractivity contribution in [2.24, 2.45) is 0 Å². The number of carbonyl (C=O) groups excluding carboxylic acids is 2. The minimum atomic E-state index is -4.47. The molecule has 2 aromatic rings. The number of hydrogen-bond acceptors (Lipinski definition) is 3. The van der Waals surface area contributed by atoms with Gasteiger partial charge in [0.15, 0.2) is 6.04 Å². The number of amides is 1. The largest absolute Gasteiger partial charge is 0.467 e.